The molecular formula is C15H12OS. The van der Waals surface area contributed by atoms with Crippen LogP contribution in [0.5, 0.6) is 0 Å². The molecule has 0 aliphatic rings. The minimum Gasteiger partial charge on any atom is -0.288 e. The summed E-state index contributed by atoms with van der Waals surface area (Å²) in [6.07, 6.45) is 0. The van der Waals surface area contributed by atoms with Gasteiger partial charge in [0.05, 0.1) is 4.86 Å². The summed E-state index contributed by atoms with van der Waals surface area (Å²) in [5.41, 5.74) is 2.55. The highest BCUT2D eigenvalue weighted by Crippen LogP contribution is 2.10. The third-order valence-corrected chi connectivity index (χ3v) is 2.94. The summed E-state index contributed by atoms with van der Waals surface area (Å²) < 4.78 is 0. The number of thiocarbonyl (C=S) groups is 1. The Morgan fingerprint density at radius 3 is 2.24 bits per heavy atom. The van der Waals surface area contributed by atoms with Crippen LogP contribution in [0.25, 0.3) is 0 Å². The van der Waals surface area contributed by atoms with Crippen molar-refractivity contribution in [3.8, 4) is 0 Å². The van der Waals surface area contributed by atoms with Crippen LogP contribution in [0.15, 0.2) is 54.6 Å². The van der Waals surface area contributed by atoms with Crippen LogP contribution >= 0.6 is 12.2 Å². The quantitative estimate of drug-likeness (QED) is 0.602. The molecular weight excluding hydrogens is 228 g/mol. The van der Waals surface area contributed by atoms with Gasteiger partial charge in [-0.2, -0.15) is 0 Å². The zero-order valence-electron chi connectivity index (χ0n) is 9.51. The van der Waals surface area contributed by atoms with E-state index in [0.29, 0.717) is 10.4 Å². The van der Waals surface area contributed by atoms with Gasteiger partial charge in [0, 0.05) is 5.56 Å². The number of hydrogen-bond donors (Lipinski definition) is 0. The van der Waals surface area contributed by atoms with Gasteiger partial charge in [-0.3, -0.25) is 4.79 Å². The summed E-state index contributed by atoms with van der Waals surface area (Å²) in [6, 6.07) is 16.8. The molecule has 17 heavy (non-hydrogen) atoms. The Labute approximate surface area is 106 Å². The van der Waals surface area contributed by atoms with E-state index in [1.807, 2.05) is 49.4 Å². The van der Waals surface area contributed by atoms with E-state index in [4.69, 9.17) is 12.2 Å². The van der Waals surface area contributed by atoms with Crippen molar-refractivity contribution in [2.24, 2.45) is 0 Å². The molecule has 0 saturated carbocycles. The van der Waals surface area contributed by atoms with E-state index in [2.05, 4.69) is 0 Å². The predicted octanol–water partition coefficient (Wildman–Crippen LogP) is 3.60. The van der Waals surface area contributed by atoms with Gasteiger partial charge in [0.25, 0.3) is 0 Å². The fourth-order valence-electron chi connectivity index (χ4n) is 1.64. The summed E-state index contributed by atoms with van der Waals surface area (Å²) in [5, 5.41) is 0. The van der Waals surface area contributed by atoms with Gasteiger partial charge in [-0.15, -0.1) is 0 Å². The molecule has 0 atom stereocenters. The molecule has 0 fully saturated rings. The average molecular weight is 240 g/mol. The van der Waals surface area contributed by atoms with Crippen molar-refractivity contribution in [2.75, 3.05) is 0 Å². The van der Waals surface area contributed by atoms with E-state index >= 15 is 0 Å². The first-order valence-electron chi connectivity index (χ1n) is 5.39. The second kappa shape index (κ2) is 5.02. The molecule has 0 aliphatic carbocycles. The second-order valence-electron chi connectivity index (χ2n) is 3.89. The minimum atomic E-state index is -0.0915. The van der Waals surface area contributed by atoms with Crippen LogP contribution in [-0.4, -0.2) is 10.6 Å². The van der Waals surface area contributed by atoms with Crippen molar-refractivity contribution < 1.29 is 4.79 Å². The van der Waals surface area contributed by atoms with Gasteiger partial charge in [0.15, 0.2) is 0 Å². The molecule has 0 unspecified atom stereocenters. The Bertz CT molecular complexity index is 558. The molecule has 0 heterocycles. The summed E-state index contributed by atoms with van der Waals surface area (Å²) in [7, 11) is 0. The van der Waals surface area contributed by atoms with E-state index in [1.54, 1.807) is 12.1 Å². The normalized spacial score (nSPS) is 9.94. The maximum Gasteiger partial charge on any atom is 0.204 e. The van der Waals surface area contributed by atoms with Crippen LogP contribution in [0.3, 0.4) is 0 Å². The van der Waals surface area contributed by atoms with Gasteiger partial charge in [-0.1, -0.05) is 72.4 Å². The van der Waals surface area contributed by atoms with Crippen molar-refractivity contribution in [3.05, 3.63) is 71.3 Å². The number of benzene rings is 2. The summed E-state index contributed by atoms with van der Waals surface area (Å²) in [6.45, 7) is 1.99. The van der Waals surface area contributed by atoms with Gasteiger partial charge < -0.3 is 0 Å². The maximum atomic E-state index is 12.1. The van der Waals surface area contributed by atoms with Crippen LogP contribution in [0, 0.1) is 6.92 Å². The lowest BCUT2D eigenvalue weighted by Crippen LogP contribution is -2.13. The molecule has 0 bridgehead atoms. The van der Waals surface area contributed by atoms with E-state index in [9.17, 15) is 4.79 Å². The lowest BCUT2D eigenvalue weighted by atomic mass is 10.0. The SMILES string of the molecule is Cc1cccc(C(=S)C(=O)c2ccccc2)c1. The molecule has 2 rings (SSSR count). The predicted molar refractivity (Wildman–Crippen MR) is 73.7 cm³/mol. The Morgan fingerprint density at radius 2 is 1.59 bits per heavy atom. The fourth-order valence-corrected chi connectivity index (χ4v) is 1.88. The van der Waals surface area contributed by atoms with Crippen LogP contribution in [0.1, 0.15) is 21.5 Å². The number of ketones is 1. The number of aryl methyl sites for hydroxylation is 1. The molecule has 0 amide bonds. The summed E-state index contributed by atoms with van der Waals surface area (Å²) in [4.78, 5) is 12.5. The van der Waals surface area contributed by atoms with Gasteiger partial charge >= 0.3 is 0 Å². The van der Waals surface area contributed by atoms with Gasteiger partial charge in [0.2, 0.25) is 5.78 Å². The monoisotopic (exact) mass is 240 g/mol. The van der Waals surface area contributed by atoms with Crippen LogP contribution in [0.4, 0.5) is 0 Å². The molecule has 0 aliphatic heterocycles. The van der Waals surface area contributed by atoms with Crippen LogP contribution < -0.4 is 0 Å². The molecule has 1 nitrogen and oxygen atoms in total. The highest BCUT2D eigenvalue weighted by atomic mass is 32.1. The van der Waals surface area contributed by atoms with E-state index in [1.165, 1.54) is 0 Å². The summed E-state index contributed by atoms with van der Waals surface area (Å²) in [5.74, 6) is -0.0915. The van der Waals surface area contributed by atoms with Crippen molar-refractivity contribution in [1.29, 1.82) is 0 Å². The smallest absolute Gasteiger partial charge is 0.204 e. The van der Waals surface area contributed by atoms with Crippen molar-refractivity contribution in [1.82, 2.24) is 0 Å². The lowest BCUT2D eigenvalue weighted by molar-refractivity contribution is 0.106. The zero-order chi connectivity index (χ0) is 12.3. The molecule has 84 valence electrons. The average Bonchev–Trinajstić information content (AvgIpc) is 2.38. The Balaban J connectivity index is 2.30. The van der Waals surface area contributed by atoms with Gasteiger partial charge in [0.1, 0.15) is 0 Å². The maximum absolute atomic E-state index is 12.1. The third kappa shape index (κ3) is 2.66. The van der Waals surface area contributed by atoms with Gasteiger partial charge in [-0.25, -0.2) is 0 Å². The van der Waals surface area contributed by atoms with E-state index in [0.717, 1.165) is 11.1 Å². The second-order valence-corrected chi connectivity index (χ2v) is 4.30. The standard InChI is InChI=1S/C15H12OS/c1-11-6-5-9-13(10-11)15(17)14(16)12-7-3-2-4-8-12/h2-10H,1H3. The summed E-state index contributed by atoms with van der Waals surface area (Å²) >= 11 is 5.24. The number of carbonyl (C=O) groups excluding carboxylic acids is 1. The molecule has 0 saturated heterocycles. The number of Topliss-reactive ketones (excluding diaryl/α,β-unsaturated/α-hetero) is 1. The molecule has 2 aromatic rings. The van der Waals surface area contributed by atoms with Crippen molar-refractivity contribution >= 4 is 22.9 Å². The van der Waals surface area contributed by atoms with Crippen LogP contribution in [-0.2, 0) is 0 Å². The Hall–Kier alpha value is -1.80. The number of hydrogen-bond acceptors (Lipinski definition) is 2. The molecule has 2 aromatic carbocycles. The zero-order valence-corrected chi connectivity index (χ0v) is 10.3. The third-order valence-electron chi connectivity index (χ3n) is 2.52. The van der Waals surface area contributed by atoms with Crippen molar-refractivity contribution in [2.45, 2.75) is 6.92 Å². The van der Waals surface area contributed by atoms with E-state index in [-0.39, 0.29) is 5.78 Å². The Morgan fingerprint density at radius 1 is 0.941 bits per heavy atom. The molecule has 0 N–H and O–H groups in total. The Kier molecular flexibility index (Phi) is 3.45. The van der Waals surface area contributed by atoms with Crippen molar-refractivity contribution in [3.63, 3.8) is 0 Å². The first kappa shape index (κ1) is 11.7. The first-order valence-corrected chi connectivity index (χ1v) is 5.80. The molecule has 0 spiro atoms. The number of rotatable bonds is 3. The largest absolute Gasteiger partial charge is 0.288 e. The minimum absolute atomic E-state index is 0.0915. The highest BCUT2D eigenvalue weighted by Gasteiger charge is 2.13. The topological polar surface area (TPSA) is 17.1 Å². The fraction of sp³-hybridized carbons (Fsp3) is 0.0667. The first-order chi connectivity index (χ1) is 8.18. The van der Waals surface area contributed by atoms with Crippen LogP contribution in [0.2, 0.25) is 0 Å². The van der Waals surface area contributed by atoms with E-state index < -0.39 is 0 Å². The molecule has 0 radical (unpaired) electrons. The number of carbonyl (C=O) groups is 1. The lowest BCUT2D eigenvalue weighted by Gasteiger charge is -2.04. The van der Waals surface area contributed by atoms with Gasteiger partial charge in [-0.05, 0) is 12.5 Å². The highest BCUT2D eigenvalue weighted by molar-refractivity contribution is 7.82. The molecule has 2 heteroatoms. The molecule has 0 aromatic heterocycles.